The van der Waals surface area contributed by atoms with E-state index in [1.807, 2.05) is 0 Å². The van der Waals surface area contributed by atoms with Gasteiger partial charge in [0, 0.05) is 19.8 Å². The molecule has 0 aromatic carbocycles. The summed E-state index contributed by atoms with van der Waals surface area (Å²) in [5.74, 6) is -0.383. The van der Waals surface area contributed by atoms with Crippen molar-refractivity contribution in [2.75, 3.05) is 0 Å². The largest absolute Gasteiger partial charge is 0.444 e. The third-order valence-corrected chi connectivity index (χ3v) is 2.07. The molecular formula is C8H15NO3. The van der Waals surface area contributed by atoms with Gasteiger partial charge in [0.1, 0.15) is 0 Å². The van der Waals surface area contributed by atoms with Crippen LogP contribution in [0.15, 0.2) is 0 Å². The molecule has 0 aromatic heterocycles. The quantitative estimate of drug-likeness (QED) is 0.437. The van der Waals surface area contributed by atoms with Gasteiger partial charge in [-0.15, -0.1) is 0 Å². The van der Waals surface area contributed by atoms with Crippen molar-refractivity contribution >= 4 is 5.97 Å². The van der Waals surface area contributed by atoms with Crippen LogP contribution in [-0.4, -0.2) is 22.9 Å². The van der Waals surface area contributed by atoms with Gasteiger partial charge in [0.2, 0.25) is 0 Å². The van der Waals surface area contributed by atoms with Crippen LogP contribution in [0.4, 0.5) is 0 Å². The molecule has 0 saturated heterocycles. The number of esters is 1. The van der Waals surface area contributed by atoms with Gasteiger partial charge in [-0.25, -0.2) is 0 Å². The van der Waals surface area contributed by atoms with Crippen LogP contribution < -0.4 is 5.73 Å². The summed E-state index contributed by atoms with van der Waals surface area (Å²) in [7, 11) is 0. The minimum atomic E-state index is -0.927. The Kier molecular flexibility index (Phi) is 2.69. The molecule has 2 unspecified atom stereocenters. The Bertz CT molecular complexity index is 183. The number of aliphatic hydroxyl groups excluding tert-OH is 1. The molecule has 0 spiro atoms. The van der Waals surface area contributed by atoms with Crippen LogP contribution in [0, 0.1) is 0 Å². The minimum absolute atomic E-state index is 0.354. The summed E-state index contributed by atoms with van der Waals surface area (Å²) in [5.41, 5.74) is 4.82. The molecule has 2 atom stereocenters. The van der Waals surface area contributed by atoms with Gasteiger partial charge in [-0.3, -0.25) is 10.5 Å². The van der Waals surface area contributed by atoms with Crippen molar-refractivity contribution < 1.29 is 14.6 Å². The fourth-order valence-electron chi connectivity index (χ4n) is 1.62. The lowest BCUT2D eigenvalue weighted by atomic mass is 9.90. The van der Waals surface area contributed by atoms with Gasteiger partial charge >= 0.3 is 5.97 Å². The van der Waals surface area contributed by atoms with Gasteiger partial charge in [-0.1, -0.05) is 0 Å². The summed E-state index contributed by atoms with van der Waals surface area (Å²) < 4.78 is 4.93. The summed E-state index contributed by atoms with van der Waals surface area (Å²) >= 11 is 0. The molecule has 3 N–H and O–H groups in total. The number of carbonyl (C=O) groups is 1. The molecule has 0 heterocycles. The molecule has 1 aliphatic rings. The second-order valence-corrected chi connectivity index (χ2v) is 3.41. The average molecular weight is 173 g/mol. The summed E-state index contributed by atoms with van der Waals surface area (Å²) in [6, 6.07) is 0. The Balaban J connectivity index is 2.51. The summed E-state index contributed by atoms with van der Waals surface area (Å²) in [6.07, 6.45) is 2.13. The average Bonchev–Trinajstić information content (AvgIpc) is 1.82. The zero-order chi connectivity index (χ0) is 9.19. The molecule has 0 aliphatic heterocycles. The maximum absolute atomic E-state index is 10.6. The van der Waals surface area contributed by atoms with Crippen LogP contribution in [0.2, 0.25) is 0 Å². The summed E-state index contributed by atoms with van der Waals surface area (Å²) in [6.45, 7) is 1.33. The predicted octanol–water partition coefficient (Wildman–Crippen LogP) is 0.139. The molecule has 0 radical (unpaired) electrons. The van der Waals surface area contributed by atoms with E-state index in [9.17, 15) is 9.90 Å². The second kappa shape index (κ2) is 3.41. The van der Waals surface area contributed by atoms with Crippen LogP contribution in [0.5, 0.6) is 0 Å². The van der Waals surface area contributed by atoms with Crippen LogP contribution in [0.3, 0.4) is 0 Å². The SMILES string of the molecule is CC(=O)OC1(N)CCCC(O)C1. The molecule has 4 nitrogen and oxygen atoms in total. The fraction of sp³-hybridized carbons (Fsp3) is 0.875. The first-order valence-electron chi connectivity index (χ1n) is 4.18. The van der Waals surface area contributed by atoms with E-state index < -0.39 is 11.8 Å². The van der Waals surface area contributed by atoms with Crippen molar-refractivity contribution in [3.63, 3.8) is 0 Å². The van der Waals surface area contributed by atoms with Crippen molar-refractivity contribution in [3.05, 3.63) is 0 Å². The highest BCUT2D eigenvalue weighted by Gasteiger charge is 2.34. The first-order valence-corrected chi connectivity index (χ1v) is 4.18. The molecule has 1 saturated carbocycles. The molecule has 1 fully saturated rings. The second-order valence-electron chi connectivity index (χ2n) is 3.41. The van der Waals surface area contributed by atoms with E-state index in [-0.39, 0.29) is 5.97 Å². The first kappa shape index (κ1) is 9.48. The highest BCUT2D eigenvalue weighted by atomic mass is 16.6. The van der Waals surface area contributed by atoms with Crippen LogP contribution in [0.25, 0.3) is 0 Å². The van der Waals surface area contributed by atoms with E-state index in [1.165, 1.54) is 6.92 Å². The maximum Gasteiger partial charge on any atom is 0.304 e. The number of aliphatic hydroxyl groups is 1. The Hall–Kier alpha value is -0.610. The number of carbonyl (C=O) groups excluding carboxylic acids is 1. The van der Waals surface area contributed by atoms with E-state index in [1.54, 1.807) is 0 Å². The normalized spacial score (nSPS) is 36.1. The van der Waals surface area contributed by atoms with Gasteiger partial charge < -0.3 is 9.84 Å². The first-order chi connectivity index (χ1) is 5.52. The lowest BCUT2D eigenvalue weighted by Crippen LogP contribution is -2.49. The van der Waals surface area contributed by atoms with Gasteiger partial charge in [-0.05, 0) is 12.8 Å². The third kappa shape index (κ3) is 2.46. The fourth-order valence-corrected chi connectivity index (χ4v) is 1.62. The van der Waals surface area contributed by atoms with Crippen molar-refractivity contribution in [1.29, 1.82) is 0 Å². The number of ether oxygens (including phenoxy) is 1. The molecule has 1 aliphatic carbocycles. The molecular weight excluding hydrogens is 158 g/mol. The lowest BCUT2D eigenvalue weighted by Gasteiger charge is -2.34. The van der Waals surface area contributed by atoms with E-state index in [0.29, 0.717) is 12.8 Å². The molecule has 0 aromatic rings. The monoisotopic (exact) mass is 173 g/mol. The van der Waals surface area contributed by atoms with Gasteiger partial charge in [0.05, 0.1) is 6.10 Å². The Morgan fingerprint density at radius 3 is 2.92 bits per heavy atom. The van der Waals surface area contributed by atoms with Crippen molar-refractivity contribution in [3.8, 4) is 0 Å². The number of hydrogen-bond donors (Lipinski definition) is 2. The molecule has 4 heteroatoms. The maximum atomic E-state index is 10.6. The van der Waals surface area contributed by atoms with E-state index >= 15 is 0 Å². The minimum Gasteiger partial charge on any atom is -0.444 e. The van der Waals surface area contributed by atoms with Gasteiger partial charge in [-0.2, -0.15) is 0 Å². The van der Waals surface area contributed by atoms with Crippen LogP contribution in [-0.2, 0) is 9.53 Å². The Labute approximate surface area is 71.7 Å². The standard InChI is InChI=1S/C8H15NO3/c1-6(10)12-8(9)4-2-3-7(11)5-8/h7,11H,2-5,9H2,1H3. The van der Waals surface area contributed by atoms with Crippen LogP contribution in [0.1, 0.15) is 32.6 Å². The van der Waals surface area contributed by atoms with Crippen LogP contribution >= 0.6 is 0 Å². The number of rotatable bonds is 1. The van der Waals surface area contributed by atoms with Crippen molar-refractivity contribution in [2.24, 2.45) is 5.73 Å². The smallest absolute Gasteiger partial charge is 0.304 e. The highest BCUT2D eigenvalue weighted by molar-refractivity contribution is 5.66. The highest BCUT2D eigenvalue weighted by Crippen LogP contribution is 2.27. The number of nitrogens with two attached hydrogens (primary N) is 1. The van der Waals surface area contributed by atoms with Crippen molar-refractivity contribution in [1.82, 2.24) is 0 Å². The number of hydrogen-bond acceptors (Lipinski definition) is 4. The molecule has 70 valence electrons. The zero-order valence-electron chi connectivity index (χ0n) is 7.25. The predicted molar refractivity (Wildman–Crippen MR) is 43.2 cm³/mol. The Morgan fingerprint density at radius 1 is 1.75 bits per heavy atom. The van der Waals surface area contributed by atoms with Gasteiger partial charge in [0.25, 0.3) is 0 Å². The molecule has 0 amide bonds. The molecule has 0 bridgehead atoms. The molecule has 12 heavy (non-hydrogen) atoms. The zero-order valence-corrected chi connectivity index (χ0v) is 7.25. The summed E-state index contributed by atoms with van der Waals surface area (Å²) in [5, 5.41) is 9.29. The summed E-state index contributed by atoms with van der Waals surface area (Å²) in [4.78, 5) is 10.6. The van der Waals surface area contributed by atoms with E-state index in [0.717, 1.165) is 12.8 Å². The van der Waals surface area contributed by atoms with E-state index in [4.69, 9.17) is 10.5 Å². The van der Waals surface area contributed by atoms with Gasteiger partial charge in [0.15, 0.2) is 5.72 Å². The molecule has 1 rings (SSSR count). The topological polar surface area (TPSA) is 72.5 Å². The Morgan fingerprint density at radius 2 is 2.42 bits per heavy atom. The van der Waals surface area contributed by atoms with Crippen molar-refractivity contribution in [2.45, 2.75) is 44.4 Å². The third-order valence-electron chi connectivity index (χ3n) is 2.07. The lowest BCUT2D eigenvalue weighted by molar-refractivity contribution is -0.163. The van der Waals surface area contributed by atoms with E-state index in [2.05, 4.69) is 0 Å².